The minimum Gasteiger partial charge on any atom is -0.389 e. The van der Waals surface area contributed by atoms with Gasteiger partial charge in [-0.3, -0.25) is 0 Å². The van der Waals surface area contributed by atoms with E-state index in [0.717, 1.165) is 19.5 Å². The monoisotopic (exact) mass is 181 g/mol. The molecule has 3 rings (SSSR count). The summed E-state index contributed by atoms with van der Waals surface area (Å²) in [5, 5.41) is 14.0. The highest BCUT2D eigenvalue weighted by atomic mass is 16.3. The molecule has 2 heteroatoms. The van der Waals surface area contributed by atoms with Crippen molar-refractivity contribution in [3.63, 3.8) is 0 Å². The van der Waals surface area contributed by atoms with Crippen LogP contribution in [0.5, 0.6) is 0 Å². The van der Waals surface area contributed by atoms with E-state index in [1.807, 2.05) is 0 Å². The van der Waals surface area contributed by atoms with Crippen LogP contribution < -0.4 is 5.32 Å². The quantitative estimate of drug-likeness (QED) is 0.639. The molecule has 2 aliphatic carbocycles. The van der Waals surface area contributed by atoms with Crippen molar-refractivity contribution >= 4 is 0 Å². The highest BCUT2D eigenvalue weighted by Crippen LogP contribution is 2.61. The van der Waals surface area contributed by atoms with E-state index in [0.29, 0.717) is 11.3 Å². The molecule has 1 saturated heterocycles. The Morgan fingerprint density at radius 1 is 1.00 bits per heavy atom. The molecule has 1 spiro atoms. The number of rotatable bonds is 1. The molecule has 1 unspecified atom stereocenters. The third-order valence-electron chi connectivity index (χ3n) is 4.90. The molecule has 1 atom stereocenters. The Morgan fingerprint density at radius 3 is 2.08 bits per heavy atom. The molecule has 2 saturated carbocycles. The van der Waals surface area contributed by atoms with Crippen molar-refractivity contribution in [2.24, 2.45) is 11.3 Å². The molecule has 0 aromatic carbocycles. The normalized spacial score (nSPS) is 43.2. The molecule has 3 aliphatic rings. The minimum absolute atomic E-state index is 0.281. The second-order valence-electron chi connectivity index (χ2n) is 5.27. The Labute approximate surface area is 79.7 Å². The average molecular weight is 181 g/mol. The lowest BCUT2D eigenvalue weighted by Crippen LogP contribution is -2.62. The lowest BCUT2D eigenvalue weighted by Gasteiger charge is -2.55. The van der Waals surface area contributed by atoms with Crippen LogP contribution in [-0.2, 0) is 0 Å². The number of aliphatic hydroxyl groups is 1. The van der Waals surface area contributed by atoms with E-state index in [1.54, 1.807) is 0 Å². The molecule has 74 valence electrons. The van der Waals surface area contributed by atoms with Gasteiger partial charge in [-0.25, -0.2) is 0 Å². The summed E-state index contributed by atoms with van der Waals surface area (Å²) in [7, 11) is 0. The van der Waals surface area contributed by atoms with Crippen LogP contribution in [0.3, 0.4) is 0 Å². The topological polar surface area (TPSA) is 32.3 Å². The first-order valence-electron chi connectivity index (χ1n) is 5.70. The lowest BCUT2D eigenvalue weighted by atomic mass is 9.56. The third-order valence-corrected chi connectivity index (χ3v) is 4.90. The Morgan fingerprint density at radius 2 is 1.62 bits per heavy atom. The zero-order chi connectivity index (χ0) is 8.94. The largest absolute Gasteiger partial charge is 0.389 e. The SMILES string of the molecule is OC1(C2CNC2)CCCC12CCC2. The van der Waals surface area contributed by atoms with Crippen LogP contribution in [0.15, 0.2) is 0 Å². The second kappa shape index (κ2) is 2.48. The van der Waals surface area contributed by atoms with Crippen molar-refractivity contribution < 1.29 is 5.11 Å². The van der Waals surface area contributed by atoms with Crippen molar-refractivity contribution in [1.29, 1.82) is 0 Å². The van der Waals surface area contributed by atoms with Gasteiger partial charge in [-0.1, -0.05) is 6.42 Å². The van der Waals surface area contributed by atoms with E-state index in [9.17, 15) is 5.11 Å². The summed E-state index contributed by atoms with van der Waals surface area (Å²) in [6.45, 7) is 2.11. The highest BCUT2D eigenvalue weighted by Gasteiger charge is 2.60. The average Bonchev–Trinajstić information content (AvgIpc) is 2.21. The Bertz CT molecular complexity index is 220. The number of hydrogen-bond donors (Lipinski definition) is 2. The van der Waals surface area contributed by atoms with Crippen LogP contribution in [0.4, 0.5) is 0 Å². The summed E-state index contributed by atoms with van der Waals surface area (Å²) in [6, 6.07) is 0. The fraction of sp³-hybridized carbons (Fsp3) is 1.00. The summed E-state index contributed by atoms with van der Waals surface area (Å²) in [5.41, 5.74) is 0.0796. The van der Waals surface area contributed by atoms with Gasteiger partial charge in [0, 0.05) is 19.0 Å². The van der Waals surface area contributed by atoms with E-state index in [1.165, 1.54) is 32.1 Å². The maximum atomic E-state index is 10.7. The van der Waals surface area contributed by atoms with Gasteiger partial charge in [-0.05, 0) is 37.5 Å². The van der Waals surface area contributed by atoms with E-state index in [4.69, 9.17) is 0 Å². The van der Waals surface area contributed by atoms with Crippen LogP contribution in [0.2, 0.25) is 0 Å². The van der Waals surface area contributed by atoms with Gasteiger partial charge < -0.3 is 10.4 Å². The first kappa shape index (κ1) is 8.25. The van der Waals surface area contributed by atoms with Gasteiger partial charge in [-0.15, -0.1) is 0 Å². The zero-order valence-electron chi connectivity index (χ0n) is 8.18. The standard InChI is InChI=1S/C11H19NO/c13-11(9-7-12-8-9)6-2-5-10(11)3-1-4-10/h9,12-13H,1-8H2. The molecular formula is C11H19NO. The number of nitrogens with one attached hydrogen (secondary N) is 1. The maximum absolute atomic E-state index is 10.7. The second-order valence-corrected chi connectivity index (χ2v) is 5.27. The van der Waals surface area contributed by atoms with Gasteiger partial charge >= 0.3 is 0 Å². The Balaban J connectivity index is 1.86. The Kier molecular flexibility index (Phi) is 1.58. The van der Waals surface area contributed by atoms with Crippen molar-refractivity contribution in [2.45, 2.75) is 44.1 Å². The highest BCUT2D eigenvalue weighted by molar-refractivity contribution is 5.12. The molecule has 2 nitrogen and oxygen atoms in total. The predicted molar refractivity (Wildman–Crippen MR) is 51.4 cm³/mol. The van der Waals surface area contributed by atoms with Crippen LogP contribution in [0.25, 0.3) is 0 Å². The van der Waals surface area contributed by atoms with E-state index < -0.39 is 0 Å². The van der Waals surface area contributed by atoms with Gasteiger partial charge in [0.05, 0.1) is 5.60 Å². The van der Waals surface area contributed by atoms with E-state index in [-0.39, 0.29) is 5.60 Å². The summed E-state index contributed by atoms with van der Waals surface area (Å²) >= 11 is 0. The Hall–Kier alpha value is -0.0800. The molecule has 2 N–H and O–H groups in total. The van der Waals surface area contributed by atoms with Crippen LogP contribution in [0.1, 0.15) is 38.5 Å². The molecule has 1 heterocycles. The molecule has 0 amide bonds. The minimum atomic E-state index is -0.281. The van der Waals surface area contributed by atoms with Crippen molar-refractivity contribution in [1.82, 2.24) is 5.32 Å². The molecular weight excluding hydrogens is 162 g/mol. The summed E-state index contributed by atoms with van der Waals surface area (Å²) in [4.78, 5) is 0. The molecule has 1 aliphatic heterocycles. The van der Waals surface area contributed by atoms with Gasteiger partial charge in [0.15, 0.2) is 0 Å². The van der Waals surface area contributed by atoms with Crippen molar-refractivity contribution in [2.75, 3.05) is 13.1 Å². The maximum Gasteiger partial charge on any atom is 0.0755 e. The zero-order valence-corrected chi connectivity index (χ0v) is 8.18. The van der Waals surface area contributed by atoms with Gasteiger partial charge in [-0.2, -0.15) is 0 Å². The fourth-order valence-corrected chi connectivity index (χ4v) is 3.73. The van der Waals surface area contributed by atoms with Crippen molar-refractivity contribution in [3.8, 4) is 0 Å². The molecule has 0 bridgehead atoms. The van der Waals surface area contributed by atoms with Crippen LogP contribution in [0, 0.1) is 11.3 Å². The first-order chi connectivity index (χ1) is 6.27. The molecule has 13 heavy (non-hydrogen) atoms. The fourth-order valence-electron chi connectivity index (χ4n) is 3.73. The molecule has 0 aromatic heterocycles. The third kappa shape index (κ3) is 0.861. The molecule has 3 fully saturated rings. The van der Waals surface area contributed by atoms with Gasteiger partial charge in [0.2, 0.25) is 0 Å². The van der Waals surface area contributed by atoms with E-state index >= 15 is 0 Å². The molecule has 0 radical (unpaired) electrons. The number of hydrogen-bond acceptors (Lipinski definition) is 2. The predicted octanol–water partition coefficient (Wildman–Crippen LogP) is 1.29. The summed E-state index contributed by atoms with van der Waals surface area (Å²) in [6.07, 6.45) is 7.55. The van der Waals surface area contributed by atoms with Gasteiger partial charge in [0.1, 0.15) is 0 Å². The van der Waals surface area contributed by atoms with Crippen LogP contribution >= 0.6 is 0 Å². The van der Waals surface area contributed by atoms with Gasteiger partial charge in [0.25, 0.3) is 0 Å². The smallest absolute Gasteiger partial charge is 0.0755 e. The van der Waals surface area contributed by atoms with Crippen molar-refractivity contribution in [3.05, 3.63) is 0 Å². The lowest BCUT2D eigenvalue weighted by molar-refractivity contribution is -0.152. The molecule has 0 aromatic rings. The summed E-state index contributed by atoms with van der Waals surface area (Å²) in [5.74, 6) is 0.565. The summed E-state index contributed by atoms with van der Waals surface area (Å²) < 4.78 is 0. The van der Waals surface area contributed by atoms with E-state index in [2.05, 4.69) is 5.32 Å². The van der Waals surface area contributed by atoms with Crippen LogP contribution in [-0.4, -0.2) is 23.8 Å². The first-order valence-corrected chi connectivity index (χ1v) is 5.70.